The van der Waals surface area contributed by atoms with Gasteiger partial charge in [0.15, 0.2) is 0 Å². The van der Waals surface area contributed by atoms with Crippen molar-refractivity contribution in [3.05, 3.63) is 52.8 Å². The number of anilines is 1. The van der Waals surface area contributed by atoms with E-state index in [9.17, 15) is 14.7 Å². The zero-order valence-electron chi connectivity index (χ0n) is 14.7. The second kappa shape index (κ2) is 8.83. The number of pyridine rings is 1. The van der Waals surface area contributed by atoms with Gasteiger partial charge in [0, 0.05) is 35.1 Å². The summed E-state index contributed by atoms with van der Waals surface area (Å²) < 4.78 is 0. The molecule has 2 aromatic rings. The van der Waals surface area contributed by atoms with Gasteiger partial charge in [-0.05, 0) is 49.7 Å². The molecule has 0 saturated carbocycles. The number of hydrogen-bond donors (Lipinski definition) is 4. The van der Waals surface area contributed by atoms with E-state index in [-0.39, 0.29) is 35.7 Å². The molecule has 0 bridgehead atoms. The van der Waals surface area contributed by atoms with Crippen molar-refractivity contribution in [3.63, 3.8) is 0 Å². The van der Waals surface area contributed by atoms with Gasteiger partial charge in [0.2, 0.25) is 5.91 Å². The van der Waals surface area contributed by atoms with Crippen molar-refractivity contribution in [3.8, 4) is 5.75 Å². The second-order valence-electron chi connectivity index (χ2n) is 6.44. The Morgan fingerprint density at radius 2 is 2.15 bits per heavy atom. The van der Waals surface area contributed by atoms with Gasteiger partial charge in [0.25, 0.3) is 5.91 Å². The Kier molecular flexibility index (Phi) is 6.26. The molecule has 1 aliphatic heterocycles. The van der Waals surface area contributed by atoms with Crippen molar-refractivity contribution in [1.29, 1.82) is 0 Å². The average Bonchev–Trinajstić information content (AvgIpc) is 2.65. The maximum Gasteiger partial charge on any atom is 0.270 e. The maximum absolute atomic E-state index is 12.4. The van der Waals surface area contributed by atoms with Crippen LogP contribution in [0.2, 0.25) is 5.02 Å². The molecule has 1 aliphatic rings. The number of hydrogen-bond acceptors (Lipinski definition) is 5. The van der Waals surface area contributed by atoms with E-state index in [1.807, 2.05) is 0 Å². The van der Waals surface area contributed by atoms with Crippen molar-refractivity contribution < 1.29 is 14.7 Å². The van der Waals surface area contributed by atoms with Crippen molar-refractivity contribution in [2.75, 3.05) is 18.4 Å². The van der Waals surface area contributed by atoms with Gasteiger partial charge < -0.3 is 21.1 Å². The number of nitrogens with one attached hydrogen (secondary N) is 3. The number of rotatable bonds is 5. The highest BCUT2D eigenvalue weighted by atomic mass is 35.5. The fourth-order valence-corrected chi connectivity index (χ4v) is 3.14. The van der Waals surface area contributed by atoms with Crippen LogP contribution < -0.4 is 16.0 Å². The van der Waals surface area contributed by atoms with E-state index in [1.54, 1.807) is 18.2 Å². The molecule has 27 heavy (non-hydrogen) atoms. The van der Waals surface area contributed by atoms with Gasteiger partial charge in [-0.3, -0.25) is 14.6 Å². The lowest BCUT2D eigenvalue weighted by Crippen LogP contribution is -2.45. The van der Waals surface area contributed by atoms with Crippen LogP contribution in [-0.4, -0.2) is 41.0 Å². The molecule has 0 radical (unpaired) electrons. The first-order chi connectivity index (χ1) is 13.0. The molecule has 4 N–H and O–H groups in total. The smallest absolute Gasteiger partial charge is 0.270 e. The van der Waals surface area contributed by atoms with Crippen molar-refractivity contribution >= 4 is 29.1 Å². The summed E-state index contributed by atoms with van der Waals surface area (Å²) in [5.74, 6) is -0.598. The fraction of sp³-hybridized carbons (Fsp3) is 0.316. The van der Waals surface area contributed by atoms with Gasteiger partial charge in [0.1, 0.15) is 11.4 Å². The van der Waals surface area contributed by atoms with Gasteiger partial charge in [-0.2, -0.15) is 0 Å². The highest BCUT2D eigenvalue weighted by Crippen LogP contribution is 2.22. The number of phenolic OH excluding ortho intramolecular Hbond substituents is 1. The zero-order valence-corrected chi connectivity index (χ0v) is 15.4. The summed E-state index contributed by atoms with van der Waals surface area (Å²) in [6, 6.07) is 7.75. The quantitative estimate of drug-likeness (QED) is 0.628. The Morgan fingerprint density at radius 3 is 2.93 bits per heavy atom. The van der Waals surface area contributed by atoms with Crippen LogP contribution in [0, 0.1) is 0 Å². The van der Waals surface area contributed by atoms with E-state index >= 15 is 0 Å². The van der Waals surface area contributed by atoms with Crippen molar-refractivity contribution in [2.24, 2.45) is 0 Å². The van der Waals surface area contributed by atoms with E-state index in [2.05, 4.69) is 20.9 Å². The Balaban J connectivity index is 1.62. The van der Waals surface area contributed by atoms with Crippen LogP contribution in [0.4, 0.5) is 5.69 Å². The number of halogens is 1. The molecule has 1 saturated heterocycles. The van der Waals surface area contributed by atoms with Crippen LogP contribution in [0.1, 0.15) is 28.9 Å². The SMILES string of the molecule is O=C(Cc1cc(Cl)ccc1O)Nc1ccnc(C(=O)NC2CCCNC2)c1. The number of nitrogens with zero attached hydrogens (tertiary/aromatic N) is 1. The van der Waals surface area contributed by atoms with Crippen LogP contribution in [0.15, 0.2) is 36.5 Å². The standard InChI is InChI=1S/C19H21ClN4O3/c20-13-3-4-17(25)12(8-13)9-18(26)23-14-5-7-22-16(10-14)19(27)24-15-2-1-6-21-11-15/h3-5,7-8,10,15,21,25H,1-2,6,9,11H2,(H,24,27)(H,22,23,26). The lowest BCUT2D eigenvalue weighted by Gasteiger charge is -2.23. The van der Waals surface area contributed by atoms with E-state index < -0.39 is 0 Å². The molecular formula is C19H21ClN4O3. The Morgan fingerprint density at radius 1 is 1.30 bits per heavy atom. The van der Waals surface area contributed by atoms with E-state index in [0.29, 0.717) is 16.3 Å². The Bertz CT molecular complexity index is 837. The predicted octanol–water partition coefficient (Wildman–Crippen LogP) is 2.10. The number of piperidine rings is 1. The molecule has 1 unspecified atom stereocenters. The molecular weight excluding hydrogens is 368 g/mol. The second-order valence-corrected chi connectivity index (χ2v) is 6.88. The van der Waals surface area contributed by atoms with E-state index in [1.165, 1.54) is 18.3 Å². The number of benzene rings is 1. The summed E-state index contributed by atoms with van der Waals surface area (Å²) >= 11 is 5.90. The molecule has 8 heteroatoms. The van der Waals surface area contributed by atoms with Crippen LogP contribution in [0.5, 0.6) is 5.75 Å². The van der Waals surface area contributed by atoms with Crippen molar-refractivity contribution in [1.82, 2.24) is 15.6 Å². The third-order valence-electron chi connectivity index (χ3n) is 4.30. The normalized spacial score (nSPS) is 16.6. The van der Waals surface area contributed by atoms with Crippen LogP contribution in [0.25, 0.3) is 0 Å². The van der Waals surface area contributed by atoms with Crippen LogP contribution in [-0.2, 0) is 11.2 Å². The number of amides is 2. The third kappa shape index (κ3) is 5.42. The molecule has 1 aromatic carbocycles. The molecule has 7 nitrogen and oxygen atoms in total. The van der Waals surface area contributed by atoms with Gasteiger partial charge >= 0.3 is 0 Å². The highest BCUT2D eigenvalue weighted by Gasteiger charge is 2.17. The van der Waals surface area contributed by atoms with E-state index in [4.69, 9.17) is 11.6 Å². The fourth-order valence-electron chi connectivity index (χ4n) is 2.94. The zero-order chi connectivity index (χ0) is 19.2. The average molecular weight is 389 g/mol. The van der Waals surface area contributed by atoms with E-state index in [0.717, 1.165) is 25.9 Å². The third-order valence-corrected chi connectivity index (χ3v) is 4.54. The summed E-state index contributed by atoms with van der Waals surface area (Å²) in [5, 5.41) is 19.2. The largest absolute Gasteiger partial charge is 0.508 e. The van der Waals surface area contributed by atoms with Gasteiger partial charge in [-0.25, -0.2) is 0 Å². The number of aromatic nitrogens is 1. The molecule has 0 aliphatic carbocycles. The number of phenols is 1. The Labute approximate surface area is 162 Å². The number of carbonyl (C=O) groups excluding carboxylic acids is 2. The summed E-state index contributed by atoms with van der Waals surface area (Å²) in [6.45, 7) is 1.71. The minimum absolute atomic E-state index is 0.00503. The van der Waals surface area contributed by atoms with Crippen LogP contribution in [0.3, 0.4) is 0 Å². The maximum atomic E-state index is 12.4. The molecule has 142 valence electrons. The van der Waals surface area contributed by atoms with Gasteiger partial charge in [0.05, 0.1) is 6.42 Å². The molecule has 1 atom stereocenters. The highest BCUT2D eigenvalue weighted by molar-refractivity contribution is 6.30. The van der Waals surface area contributed by atoms with Gasteiger partial charge in [-0.15, -0.1) is 0 Å². The lowest BCUT2D eigenvalue weighted by molar-refractivity contribution is -0.115. The minimum atomic E-state index is -0.332. The van der Waals surface area contributed by atoms with Crippen molar-refractivity contribution in [2.45, 2.75) is 25.3 Å². The Hall–Kier alpha value is -2.64. The number of carbonyl (C=O) groups is 2. The molecule has 3 rings (SSSR count). The first-order valence-corrected chi connectivity index (χ1v) is 9.14. The summed E-state index contributed by atoms with van der Waals surface area (Å²) in [5.41, 5.74) is 1.13. The summed E-state index contributed by atoms with van der Waals surface area (Å²) in [6.07, 6.45) is 3.38. The number of aromatic hydroxyl groups is 1. The molecule has 1 fully saturated rings. The first-order valence-electron chi connectivity index (χ1n) is 8.76. The lowest BCUT2D eigenvalue weighted by atomic mass is 10.1. The first kappa shape index (κ1) is 19.1. The van der Waals surface area contributed by atoms with Crippen LogP contribution >= 0.6 is 11.6 Å². The minimum Gasteiger partial charge on any atom is -0.508 e. The van der Waals surface area contributed by atoms with Gasteiger partial charge in [-0.1, -0.05) is 11.6 Å². The topological polar surface area (TPSA) is 103 Å². The molecule has 0 spiro atoms. The molecule has 2 heterocycles. The summed E-state index contributed by atoms with van der Waals surface area (Å²) in [7, 11) is 0. The molecule has 1 aromatic heterocycles. The monoisotopic (exact) mass is 388 g/mol. The molecule has 2 amide bonds. The predicted molar refractivity (Wildman–Crippen MR) is 103 cm³/mol. The summed E-state index contributed by atoms with van der Waals surface area (Å²) in [4.78, 5) is 28.7.